The van der Waals surface area contributed by atoms with Crippen molar-refractivity contribution in [2.75, 3.05) is 4.90 Å². The number of hydrogen-bond acceptors (Lipinski definition) is 2. The standard InChI is InChI=1S/C63H43NO/c1-62(43-21-8-3-9-22-43)56-31-18-29-49(42-19-6-2-7-20-42)61(56)53-37-34-47(40-57(53)62)64(46-35-38-60-54(39-46)52-28-15-17-32-59(52)65-60)48-33-36-51-50-27-14-16-30-55(50)63(58(51)41-48,44-23-10-4-11-24-44)45-25-12-5-13-26-45/h2-41H,1H3. The summed E-state index contributed by atoms with van der Waals surface area (Å²) in [6, 6.07) is 89.3. The van der Waals surface area contributed by atoms with Gasteiger partial charge in [-0.15, -0.1) is 0 Å². The van der Waals surface area contributed by atoms with Crippen molar-refractivity contribution >= 4 is 39.0 Å². The SMILES string of the molecule is CC1(c2ccccc2)c2cc(N(c3ccc4c(c3)C(c3ccccc3)(c3ccccc3)c3ccccc3-4)c3ccc4oc5ccccc5c4c3)ccc2-c2c(-c3ccccc3)cccc21. The van der Waals surface area contributed by atoms with Crippen LogP contribution in [0.15, 0.2) is 247 Å². The van der Waals surface area contributed by atoms with E-state index in [2.05, 4.69) is 248 Å². The van der Waals surface area contributed by atoms with Gasteiger partial charge in [0, 0.05) is 33.2 Å². The molecule has 2 aliphatic rings. The second kappa shape index (κ2) is 14.4. The Hall–Kier alpha value is -8.20. The zero-order valence-electron chi connectivity index (χ0n) is 35.9. The van der Waals surface area contributed by atoms with E-state index in [4.69, 9.17) is 4.42 Å². The van der Waals surface area contributed by atoms with Crippen LogP contribution >= 0.6 is 0 Å². The highest BCUT2D eigenvalue weighted by Crippen LogP contribution is 2.59. The van der Waals surface area contributed by atoms with Gasteiger partial charge in [0.05, 0.1) is 5.41 Å². The van der Waals surface area contributed by atoms with Gasteiger partial charge in [0.15, 0.2) is 0 Å². The third-order valence-electron chi connectivity index (χ3n) is 14.4. The zero-order chi connectivity index (χ0) is 43.1. The summed E-state index contributed by atoms with van der Waals surface area (Å²) in [6.07, 6.45) is 0. The van der Waals surface area contributed by atoms with Gasteiger partial charge in [-0.05, 0) is 128 Å². The van der Waals surface area contributed by atoms with Gasteiger partial charge in [-0.3, -0.25) is 0 Å². The van der Waals surface area contributed by atoms with Gasteiger partial charge in [-0.2, -0.15) is 0 Å². The van der Waals surface area contributed by atoms with Crippen LogP contribution in [0.2, 0.25) is 0 Å². The molecule has 10 aromatic carbocycles. The van der Waals surface area contributed by atoms with Gasteiger partial charge < -0.3 is 9.32 Å². The van der Waals surface area contributed by atoms with Crippen molar-refractivity contribution in [3.8, 4) is 33.4 Å². The first-order chi connectivity index (χ1) is 32.1. The average Bonchev–Trinajstić information content (AvgIpc) is 3.99. The molecule has 2 nitrogen and oxygen atoms in total. The molecule has 0 spiro atoms. The van der Waals surface area contributed by atoms with E-state index >= 15 is 0 Å². The lowest BCUT2D eigenvalue weighted by Crippen LogP contribution is -2.28. The molecule has 306 valence electrons. The summed E-state index contributed by atoms with van der Waals surface area (Å²) >= 11 is 0. The molecule has 0 amide bonds. The molecule has 2 heteroatoms. The fourth-order valence-corrected chi connectivity index (χ4v) is 11.5. The predicted molar refractivity (Wildman–Crippen MR) is 269 cm³/mol. The van der Waals surface area contributed by atoms with E-state index < -0.39 is 10.8 Å². The van der Waals surface area contributed by atoms with Crippen LogP contribution in [0.4, 0.5) is 17.1 Å². The molecular formula is C63H43NO. The third-order valence-corrected chi connectivity index (χ3v) is 14.4. The minimum absolute atomic E-state index is 0.418. The van der Waals surface area contributed by atoms with E-state index in [0.29, 0.717) is 0 Å². The highest BCUT2D eigenvalue weighted by atomic mass is 16.3. The van der Waals surface area contributed by atoms with Crippen molar-refractivity contribution in [3.05, 3.63) is 282 Å². The van der Waals surface area contributed by atoms with E-state index in [0.717, 1.165) is 39.0 Å². The molecule has 1 heterocycles. The van der Waals surface area contributed by atoms with Gasteiger partial charge in [0.2, 0.25) is 0 Å². The van der Waals surface area contributed by atoms with Gasteiger partial charge >= 0.3 is 0 Å². The topological polar surface area (TPSA) is 16.4 Å². The number of furan rings is 1. The number of hydrogen-bond donors (Lipinski definition) is 0. The van der Waals surface area contributed by atoms with Gasteiger partial charge in [-0.25, -0.2) is 0 Å². The van der Waals surface area contributed by atoms with Gasteiger partial charge in [0.1, 0.15) is 11.2 Å². The molecule has 0 bridgehead atoms. The van der Waals surface area contributed by atoms with Crippen molar-refractivity contribution in [1.82, 2.24) is 0 Å². The largest absolute Gasteiger partial charge is 0.456 e. The van der Waals surface area contributed by atoms with Crippen LogP contribution in [0.3, 0.4) is 0 Å². The molecule has 0 saturated carbocycles. The number of anilines is 3. The fraction of sp³-hybridized carbons (Fsp3) is 0.0476. The van der Waals surface area contributed by atoms with E-state index in [1.807, 2.05) is 6.07 Å². The molecule has 1 aromatic heterocycles. The number of benzene rings is 10. The summed E-state index contributed by atoms with van der Waals surface area (Å²) < 4.78 is 6.42. The predicted octanol–water partition coefficient (Wildman–Crippen LogP) is 16.4. The highest BCUT2D eigenvalue weighted by Gasteiger charge is 2.47. The minimum Gasteiger partial charge on any atom is -0.456 e. The Bertz CT molecular complexity index is 3570. The van der Waals surface area contributed by atoms with Crippen LogP contribution in [0.1, 0.15) is 45.9 Å². The second-order valence-corrected chi connectivity index (χ2v) is 17.7. The fourth-order valence-electron chi connectivity index (χ4n) is 11.5. The zero-order valence-corrected chi connectivity index (χ0v) is 35.9. The molecule has 11 aromatic rings. The lowest BCUT2D eigenvalue weighted by Gasteiger charge is -2.35. The molecular weight excluding hydrogens is 787 g/mol. The monoisotopic (exact) mass is 829 g/mol. The van der Waals surface area contributed by atoms with Crippen LogP contribution in [-0.2, 0) is 10.8 Å². The summed E-state index contributed by atoms with van der Waals surface area (Å²) in [5, 5.41) is 2.20. The maximum absolute atomic E-state index is 6.42. The van der Waals surface area contributed by atoms with Crippen molar-refractivity contribution in [2.24, 2.45) is 0 Å². The quantitative estimate of drug-likeness (QED) is 0.159. The Balaban J connectivity index is 1.09. The molecule has 0 fully saturated rings. The third kappa shape index (κ3) is 5.41. The number of rotatable bonds is 7. The molecule has 65 heavy (non-hydrogen) atoms. The summed E-state index contributed by atoms with van der Waals surface area (Å²) in [5.74, 6) is 0. The summed E-state index contributed by atoms with van der Waals surface area (Å²) in [5.41, 5.74) is 20.5. The smallest absolute Gasteiger partial charge is 0.135 e. The molecule has 0 N–H and O–H groups in total. The van der Waals surface area contributed by atoms with Crippen molar-refractivity contribution in [3.63, 3.8) is 0 Å². The van der Waals surface area contributed by atoms with Gasteiger partial charge in [-0.1, -0.05) is 194 Å². The molecule has 0 saturated heterocycles. The van der Waals surface area contributed by atoms with Crippen LogP contribution < -0.4 is 4.90 Å². The second-order valence-electron chi connectivity index (χ2n) is 17.7. The maximum Gasteiger partial charge on any atom is 0.135 e. The Morgan fingerprint density at radius 3 is 1.57 bits per heavy atom. The first-order valence-electron chi connectivity index (χ1n) is 22.6. The summed E-state index contributed by atoms with van der Waals surface area (Å²) in [7, 11) is 0. The van der Waals surface area contributed by atoms with Crippen LogP contribution in [-0.4, -0.2) is 0 Å². The van der Waals surface area contributed by atoms with E-state index in [-0.39, 0.29) is 0 Å². The Labute approximate surface area is 379 Å². The van der Waals surface area contributed by atoms with E-state index in [1.165, 1.54) is 72.3 Å². The number of para-hydroxylation sites is 1. The number of fused-ring (bicyclic) bond motifs is 9. The van der Waals surface area contributed by atoms with Crippen molar-refractivity contribution in [2.45, 2.75) is 17.8 Å². The molecule has 1 atom stereocenters. The maximum atomic E-state index is 6.42. The first-order valence-corrected chi connectivity index (χ1v) is 22.6. The summed E-state index contributed by atoms with van der Waals surface area (Å²) in [6.45, 7) is 2.42. The molecule has 0 aliphatic heterocycles. The minimum atomic E-state index is -0.542. The first kappa shape index (κ1) is 37.4. The molecule has 1 unspecified atom stereocenters. The van der Waals surface area contributed by atoms with Crippen molar-refractivity contribution in [1.29, 1.82) is 0 Å². The normalized spacial score (nSPS) is 15.3. The Morgan fingerprint density at radius 1 is 0.338 bits per heavy atom. The Kier molecular flexibility index (Phi) is 8.29. The number of nitrogens with zero attached hydrogens (tertiary/aromatic N) is 1. The Morgan fingerprint density at radius 2 is 0.846 bits per heavy atom. The molecule has 0 radical (unpaired) electrons. The van der Waals surface area contributed by atoms with Crippen LogP contribution in [0, 0.1) is 0 Å². The van der Waals surface area contributed by atoms with Crippen molar-refractivity contribution < 1.29 is 4.42 Å². The summed E-state index contributed by atoms with van der Waals surface area (Å²) in [4.78, 5) is 2.47. The highest BCUT2D eigenvalue weighted by molar-refractivity contribution is 6.07. The van der Waals surface area contributed by atoms with E-state index in [1.54, 1.807) is 0 Å². The molecule has 13 rings (SSSR count). The van der Waals surface area contributed by atoms with Crippen LogP contribution in [0.5, 0.6) is 0 Å². The van der Waals surface area contributed by atoms with Gasteiger partial charge in [0.25, 0.3) is 0 Å². The lowest BCUT2D eigenvalue weighted by atomic mass is 9.67. The average molecular weight is 830 g/mol. The van der Waals surface area contributed by atoms with E-state index in [9.17, 15) is 0 Å². The lowest BCUT2D eigenvalue weighted by molar-refractivity contribution is 0.669. The molecule has 2 aliphatic carbocycles. The van der Waals surface area contributed by atoms with Crippen LogP contribution in [0.25, 0.3) is 55.3 Å².